The van der Waals surface area contributed by atoms with Crippen LogP contribution in [0, 0.1) is 13.8 Å². The highest BCUT2D eigenvalue weighted by Crippen LogP contribution is 2.28. The minimum Gasteiger partial charge on any atom is -0.321 e. The number of halogens is 1. The molecule has 0 radical (unpaired) electrons. The zero-order valence-electron chi connectivity index (χ0n) is 16.3. The maximum absolute atomic E-state index is 13.1. The van der Waals surface area contributed by atoms with Crippen molar-refractivity contribution in [1.82, 2.24) is 4.31 Å². The van der Waals surface area contributed by atoms with Gasteiger partial charge >= 0.3 is 0 Å². The Morgan fingerprint density at radius 1 is 1.14 bits per heavy atom. The smallest absolute Gasteiger partial charge is 0.256 e. The second-order valence-corrected chi connectivity index (χ2v) is 10.1. The van der Waals surface area contributed by atoms with E-state index >= 15 is 0 Å². The van der Waals surface area contributed by atoms with E-state index in [0.717, 1.165) is 34.9 Å². The highest BCUT2D eigenvalue weighted by atomic mass is 79.9. The lowest BCUT2D eigenvalue weighted by Crippen LogP contribution is -2.42. The second-order valence-electron chi connectivity index (χ2n) is 7.37. The molecule has 28 heavy (non-hydrogen) atoms. The number of carbonyl (C=O) groups excluding carboxylic acids is 1. The highest BCUT2D eigenvalue weighted by molar-refractivity contribution is 9.10. The van der Waals surface area contributed by atoms with Crippen LogP contribution in [-0.2, 0) is 10.0 Å². The van der Waals surface area contributed by atoms with Crippen LogP contribution in [-0.4, -0.2) is 31.2 Å². The minimum atomic E-state index is -3.63. The Kier molecular flexibility index (Phi) is 6.27. The molecule has 0 spiro atoms. The van der Waals surface area contributed by atoms with Crippen LogP contribution in [0.5, 0.6) is 0 Å². The Morgan fingerprint density at radius 3 is 2.57 bits per heavy atom. The molecule has 2 aromatic rings. The lowest BCUT2D eigenvalue weighted by Gasteiger charge is -2.32. The van der Waals surface area contributed by atoms with Crippen LogP contribution >= 0.6 is 15.9 Å². The molecular weight excluding hydrogens is 440 g/mol. The first-order valence-electron chi connectivity index (χ1n) is 9.40. The van der Waals surface area contributed by atoms with Crippen LogP contribution in [0.25, 0.3) is 0 Å². The van der Waals surface area contributed by atoms with E-state index in [-0.39, 0.29) is 16.8 Å². The summed E-state index contributed by atoms with van der Waals surface area (Å²) in [6, 6.07) is 10.4. The number of rotatable bonds is 4. The van der Waals surface area contributed by atoms with E-state index in [1.165, 1.54) is 6.07 Å². The number of aryl methyl sites for hydroxylation is 2. The fraction of sp³-hybridized carbons (Fsp3) is 0.381. The van der Waals surface area contributed by atoms with Gasteiger partial charge in [0.15, 0.2) is 0 Å². The van der Waals surface area contributed by atoms with Crippen LogP contribution in [0.1, 0.15) is 47.7 Å². The second kappa shape index (κ2) is 8.35. The van der Waals surface area contributed by atoms with Gasteiger partial charge in [-0.25, -0.2) is 8.42 Å². The van der Waals surface area contributed by atoms with Crippen molar-refractivity contribution in [2.45, 2.75) is 51.0 Å². The number of hydrogen-bond acceptors (Lipinski definition) is 3. The third-order valence-electron chi connectivity index (χ3n) is 5.18. The third kappa shape index (κ3) is 4.31. The van der Waals surface area contributed by atoms with Gasteiger partial charge in [0.2, 0.25) is 10.0 Å². The first-order chi connectivity index (χ1) is 13.2. The van der Waals surface area contributed by atoms with Crippen LogP contribution in [0.15, 0.2) is 45.8 Å². The molecule has 1 aliphatic rings. The van der Waals surface area contributed by atoms with Crippen molar-refractivity contribution >= 4 is 37.5 Å². The van der Waals surface area contributed by atoms with E-state index in [9.17, 15) is 13.2 Å². The summed E-state index contributed by atoms with van der Waals surface area (Å²) in [5, 5.41) is 2.87. The molecule has 7 heteroatoms. The van der Waals surface area contributed by atoms with Crippen molar-refractivity contribution in [2.75, 3.05) is 11.9 Å². The van der Waals surface area contributed by atoms with Gasteiger partial charge in [-0.3, -0.25) is 4.79 Å². The maximum Gasteiger partial charge on any atom is 0.256 e. The Balaban J connectivity index is 1.91. The number of amides is 1. The summed E-state index contributed by atoms with van der Waals surface area (Å²) in [5.41, 5.74) is 2.81. The first kappa shape index (κ1) is 21.0. The van der Waals surface area contributed by atoms with E-state index in [1.807, 2.05) is 32.0 Å². The predicted octanol–water partition coefficient (Wildman–Crippen LogP) is 4.88. The Labute approximate surface area is 175 Å². The number of hydrogen-bond donors (Lipinski definition) is 1. The highest BCUT2D eigenvalue weighted by Gasteiger charge is 2.31. The van der Waals surface area contributed by atoms with Gasteiger partial charge in [0.1, 0.15) is 0 Å². The lowest BCUT2D eigenvalue weighted by atomic mass is 10.1. The first-order valence-corrected chi connectivity index (χ1v) is 11.6. The standard InChI is InChI=1S/C21H25BrN2O3S/c1-14-7-10-20(19(22)12-14)23-21(25)18-13-17(9-8-15(18)2)28(26,27)24-11-5-4-6-16(24)3/h7-10,12-13,16H,4-6,11H2,1-3H3,(H,23,25). The van der Waals surface area contributed by atoms with E-state index in [4.69, 9.17) is 0 Å². The fourth-order valence-corrected chi connectivity index (χ4v) is 5.80. The molecule has 3 rings (SSSR count). The molecule has 1 atom stereocenters. The molecule has 0 saturated carbocycles. The SMILES string of the molecule is Cc1ccc(NC(=O)c2cc(S(=O)(=O)N3CCCCC3C)ccc2C)c(Br)c1. The molecule has 0 aromatic heterocycles. The van der Waals surface area contributed by atoms with Crippen LogP contribution in [0.2, 0.25) is 0 Å². The molecule has 1 heterocycles. The molecule has 1 amide bonds. The fourth-order valence-electron chi connectivity index (χ4n) is 3.48. The number of piperidine rings is 1. The van der Waals surface area contributed by atoms with Crippen LogP contribution in [0.3, 0.4) is 0 Å². The van der Waals surface area contributed by atoms with E-state index in [0.29, 0.717) is 17.8 Å². The number of nitrogens with zero attached hydrogens (tertiary/aromatic N) is 1. The largest absolute Gasteiger partial charge is 0.321 e. The zero-order valence-corrected chi connectivity index (χ0v) is 18.7. The average molecular weight is 465 g/mol. The molecule has 2 aromatic carbocycles. The summed E-state index contributed by atoms with van der Waals surface area (Å²) < 4.78 is 28.6. The van der Waals surface area contributed by atoms with E-state index in [2.05, 4.69) is 21.2 Å². The van der Waals surface area contributed by atoms with Gasteiger partial charge in [-0.1, -0.05) is 18.6 Å². The molecule has 0 aliphatic carbocycles. The van der Waals surface area contributed by atoms with Gasteiger partial charge in [-0.05, 0) is 84.9 Å². The number of sulfonamides is 1. The van der Waals surface area contributed by atoms with Gasteiger partial charge in [0.25, 0.3) is 5.91 Å². The van der Waals surface area contributed by atoms with E-state index < -0.39 is 10.0 Å². The van der Waals surface area contributed by atoms with Gasteiger partial charge in [-0.15, -0.1) is 0 Å². The molecule has 1 aliphatic heterocycles. The lowest BCUT2D eigenvalue weighted by molar-refractivity contribution is 0.102. The van der Waals surface area contributed by atoms with Crippen molar-refractivity contribution in [1.29, 1.82) is 0 Å². The zero-order chi connectivity index (χ0) is 20.5. The molecule has 0 bridgehead atoms. The average Bonchev–Trinajstić information content (AvgIpc) is 2.64. The van der Waals surface area contributed by atoms with Crippen molar-refractivity contribution in [3.63, 3.8) is 0 Å². The summed E-state index contributed by atoms with van der Waals surface area (Å²) in [7, 11) is -3.63. The molecule has 5 nitrogen and oxygen atoms in total. The van der Waals surface area contributed by atoms with E-state index in [1.54, 1.807) is 23.4 Å². The van der Waals surface area contributed by atoms with Gasteiger partial charge in [-0.2, -0.15) is 4.31 Å². The Hall–Kier alpha value is -1.70. The summed E-state index contributed by atoms with van der Waals surface area (Å²) in [5.74, 6) is -0.328. The summed E-state index contributed by atoms with van der Waals surface area (Å²) in [6.45, 7) is 6.23. The molecule has 150 valence electrons. The summed E-state index contributed by atoms with van der Waals surface area (Å²) in [4.78, 5) is 13.0. The van der Waals surface area contributed by atoms with Gasteiger partial charge in [0, 0.05) is 22.6 Å². The third-order valence-corrected chi connectivity index (χ3v) is 7.84. The normalized spacial score (nSPS) is 18.1. The van der Waals surface area contributed by atoms with Gasteiger partial charge < -0.3 is 5.32 Å². The summed E-state index contributed by atoms with van der Waals surface area (Å²) in [6.07, 6.45) is 2.77. The monoisotopic (exact) mass is 464 g/mol. The molecule has 1 N–H and O–H groups in total. The molecule has 1 fully saturated rings. The summed E-state index contributed by atoms with van der Waals surface area (Å²) >= 11 is 3.45. The van der Waals surface area contributed by atoms with Crippen molar-refractivity contribution < 1.29 is 13.2 Å². The topological polar surface area (TPSA) is 66.5 Å². The van der Waals surface area contributed by atoms with Crippen molar-refractivity contribution in [3.8, 4) is 0 Å². The minimum absolute atomic E-state index is 0.0270. The van der Waals surface area contributed by atoms with Crippen LogP contribution < -0.4 is 5.32 Å². The molecule has 1 saturated heterocycles. The Bertz CT molecular complexity index is 1000. The quantitative estimate of drug-likeness (QED) is 0.700. The molecule has 1 unspecified atom stereocenters. The maximum atomic E-state index is 13.1. The molecular formula is C21H25BrN2O3S. The number of anilines is 1. The van der Waals surface area contributed by atoms with Crippen molar-refractivity contribution in [3.05, 3.63) is 57.6 Å². The number of carbonyl (C=O) groups is 1. The van der Waals surface area contributed by atoms with Crippen LogP contribution in [0.4, 0.5) is 5.69 Å². The number of benzene rings is 2. The number of nitrogens with one attached hydrogen (secondary N) is 1. The van der Waals surface area contributed by atoms with Gasteiger partial charge in [0.05, 0.1) is 10.6 Å². The Morgan fingerprint density at radius 2 is 1.89 bits per heavy atom. The van der Waals surface area contributed by atoms with Crippen molar-refractivity contribution in [2.24, 2.45) is 0 Å². The predicted molar refractivity (Wildman–Crippen MR) is 115 cm³/mol.